The Labute approximate surface area is 287 Å². The van der Waals surface area contributed by atoms with Gasteiger partial charge >= 0.3 is 5.97 Å². The molecule has 10 nitrogen and oxygen atoms in total. The van der Waals surface area contributed by atoms with Gasteiger partial charge in [0, 0.05) is 18.5 Å². The number of nitrogens with zero attached hydrogens (tertiary/aromatic N) is 2. The molecular weight excluding hydrogens is 627 g/mol. The van der Waals surface area contributed by atoms with E-state index in [-0.39, 0.29) is 30.1 Å². The highest BCUT2D eigenvalue weighted by molar-refractivity contribution is 7.13. The van der Waals surface area contributed by atoms with Crippen molar-refractivity contribution < 1.29 is 23.9 Å². The van der Waals surface area contributed by atoms with Gasteiger partial charge in [-0.05, 0) is 50.2 Å². The first-order valence-electron chi connectivity index (χ1n) is 16.4. The molecule has 0 bridgehead atoms. The van der Waals surface area contributed by atoms with E-state index in [0.29, 0.717) is 35.7 Å². The first-order chi connectivity index (χ1) is 22.9. The second-order valence-electron chi connectivity index (χ2n) is 13.0. The first-order valence-corrected chi connectivity index (χ1v) is 17.2. The Morgan fingerprint density at radius 3 is 2.17 bits per heavy atom. The predicted octanol–water partition coefficient (Wildman–Crippen LogP) is 4.63. The van der Waals surface area contributed by atoms with Gasteiger partial charge in [0.05, 0.1) is 25.4 Å². The highest BCUT2D eigenvalue weighted by Crippen LogP contribution is 2.28. The Morgan fingerprint density at radius 2 is 1.60 bits per heavy atom. The van der Waals surface area contributed by atoms with E-state index < -0.39 is 35.7 Å². The lowest BCUT2D eigenvalue weighted by atomic mass is 9.98. The zero-order valence-corrected chi connectivity index (χ0v) is 29.2. The number of aromatic nitrogens is 1. The van der Waals surface area contributed by atoms with Crippen LogP contribution in [-0.4, -0.2) is 70.9 Å². The fourth-order valence-electron chi connectivity index (χ4n) is 5.78. The van der Waals surface area contributed by atoms with Crippen molar-refractivity contribution >= 4 is 35.0 Å². The van der Waals surface area contributed by atoms with Crippen LogP contribution in [0, 0.1) is 5.92 Å². The van der Waals surface area contributed by atoms with E-state index in [2.05, 4.69) is 27.5 Å². The third kappa shape index (κ3) is 9.60. The summed E-state index contributed by atoms with van der Waals surface area (Å²) in [6, 6.07) is 16.5. The lowest BCUT2D eigenvalue weighted by Gasteiger charge is -2.32. The number of hydrogen-bond acceptors (Lipinski definition) is 8. The maximum atomic E-state index is 14.4. The fraction of sp³-hybridized carbons (Fsp3) is 0.432. The average Bonchev–Trinajstić information content (AvgIpc) is 3.77. The number of carbonyl (C=O) groups excluding carboxylic acids is 4. The smallest absolute Gasteiger partial charge is 0.349 e. The molecule has 2 heterocycles. The van der Waals surface area contributed by atoms with Crippen molar-refractivity contribution in [1.29, 1.82) is 0 Å². The number of carbonyl (C=O) groups is 4. The highest BCUT2D eigenvalue weighted by Gasteiger charge is 2.40. The molecule has 1 aliphatic heterocycles. The van der Waals surface area contributed by atoms with Crippen LogP contribution < -0.4 is 16.0 Å². The summed E-state index contributed by atoms with van der Waals surface area (Å²) in [5, 5.41) is 10.1. The number of methoxy groups -OCH3 is 1. The summed E-state index contributed by atoms with van der Waals surface area (Å²) >= 11 is 1.17. The molecule has 3 N–H and O–H groups in total. The molecule has 1 aliphatic rings. The maximum Gasteiger partial charge on any atom is 0.349 e. The van der Waals surface area contributed by atoms with Crippen LogP contribution in [-0.2, 0) is 32.0 Å². The number of esters is 1. The summed E-state index contributed by atoms with van der Waals surface area (Å²) in [5.41, 5.74) is 1.32. The number of nitrogens with one attached hydrogen (secondary N) is 3. The molecule has 0 saturated carbocycles. The largest absolute Gasteiger partial charge is 0.465 e. The second kappa shape index (κ2) is 16.7. The van der Waals surface area contributed by atoms with Crippen molar-refractivity contribution in [3.8, 4) is 0 Å². The molecule has 256 valence electrons. The van der Waals surface area contributed by atoms with Crippen LogP contribution in [0.2, 0.25) is 0 Å². The van der Waals surface area contributed by atoms with Crippen LogP contribution in [0.4, 0.5) is 0 Å². The average molecular weight is 674 g/mol. The molecule has 0 radical (unpaired) electrons. The molecule has 1 saturated heterocycles. The summed E-state index contributed by atoms with van der Waals surface area (Å²) in [6.45, 7) is 12.1. The van der Waals surface area contributed by atoms with E-state index in [4.69, 9.17) is 4.74 Å². The maximum absolute atomic E-state index is 14.4. The predicted molar refractivity (Wildman–Crippen MR) is 187 cm³/mol. The zero-order chi connectivity index (χ0) is 34.8. The molecule has 3 aromatic rings. The third-order valence-corrected chi connectivity index (χ3v) is 9.59. The van der Waals surface area contributed by atoms with Gasteiger partial charge in [-0.25, -0.2) is 9.78 Å². The van der Waals surface area contributed by atoms with Crippen molar-refractivity contribution in [2.45, 2.75) is 83.1 Å². The molecule has 1 aromatic heterocycles. The standard InChI is InChI=1S/C37H47N5O5S/c1-7-37(4,5)41-27(21-25-15-10-8-11-16-25)32(43)39-28(22-26-17-12-9-13-18-26)35(45)42-20-14-19-29(42)33(44)40-31(24(2)3)34-38-23-30(48-34)36(46)47-6/h7-13,15-18,23-24,27-29,31,41H,1,14,19-22H2,2-6H3,(H,39,43)(H,40,44). The summed E-state index contributed by atoms with van der Waals surface area (Å²) < 4.78 is 4.82. The van der Waals surface area contributed by atoms with E-state index in [0.717, 1.165) is 11.1 Å². The van der Waals surface area contributed by atoms with Gasteiger partial charge < -0.3 is 20.3 Å². The number of ether oxygens (including phenoxy) is 1. The minimum Gasteiger partial charge on any atom is -0.465 e. The minimum atomic E-state index is -0.900. The third-order valence-electron chi connectivity index (χ3n) is 8.53. The number of hydrogen-bond donors (Lipinski definition) is 3. The molecule has 0 spiro atoms. The van der Waals surface area contributed by atoms with Crippen molar-refractivity contribution in [3.05, 3.63) is 101 Å². The van der Waals surface area contributed by atoms with E-state index in [1.807, 2.05) is 88.4 Å². The van der Waals surface area contributed by atoms with Gasteiger partial charge in [0.15, 0.2) is 0 Å². The van der Waals surface area contributed by atoms with Gasteiger partial charge in [-0.3, -0.25) is 19.7 Å². The van der Waals surface area contributed by atoms with Gasteiger partial charge in [0.1, 0.15) is 22.0 Å². The first kappa shape index (κ1) is 36.5. The Kier molecular flexibility index (Phi) is 12.7. The van der Waals surface area contributed by atoms with Gasteiger partial charge in [-0.1, -0.05) is 80.6 Å². The van der Waals surface area contributed by atoms with E-state index in [1.165, 1.54) is 24.6 Å². The van der Waals surface area contributed by atoms with E-state index in [1.54, 1.807) is 11.0 Å². The van der Waals surface area contributed by atoms with Crippen LogP contribution in [0.5, 0.6) is 0 Å². The van der Waals surface area contributed by atoms with Crippen molar-refractivity contribution in [3.63, 3.8) is 0 Å². The van der Waals surface area contributed by atoms with Crippen molar-refractivity contribution in [2.75, 3.05) is 13.7 Å². The molecule has 4 unspecified atom stereocenters. The van der Waals surface area contributed by atoms with E-state index in [9.17, 15) is 19.2 Å². The number of amides is 3. The van der Waals surface area contributed by atoms with Crippen molar-refractivity contribution in [1.82, 2.24) is 25.8 Å². The molecule has 11 heteroatoms. The minimum absolute atomic E-state index is 0.0323. The van der Waals surface area contributed by atoms with Gasteiger partial charge in [-0.15, -0.1) is 17.9 Å². The number of likely N-dealkylation sites (tertiary alicyclic amines) is 1. The van der Waals surface area contributed by atoms with Crippen molar-refractivity contribution in [2.24, 2.45) is 5.92 Å². The van der Waals surface area contributed by atoms with Gasteiger partial charge in [-0.2, -0.15) is 0 Å². The summed E-state index contributed by atoms with van der Waals surface area (Å²) in [6.07, 6.45) is 5.03. The SMILES string of the molecule is C=CC(C)(C)NC(Cc1ccccc1)C(=O)NC(Cc1ccccc1)C(=O)N1CCCC1C(=O)NC(c1ncc(C(=O)OC)s1)C(C)C. The summed E-state index contributed by atoms with van der Waals surface area (Å²) in [4.78, 5) is 60.6. The molecule has 0 aliphatic carbocycles. The van der Waals surface area contributed by atoms with Crippen LogP contribution >= 0.6 is 11.3 Å². The molecule has 48 heavy (non-hydrogen) atoms. The Bertz CT molecular complexity index is 1560. The van der Waals surface area contributed by atoms with Crippen LogP contribution in [0.3, 0.4) is 0 Å². The molecule has 3 amide bonds. The normalized spacial score (nSPS) is 16.5. The molecule has 4 atom stereocenters. The molecule has 1 fully saturated rings. The van der Waals surface area contributed by atoms with Crippen LogP contribution in [0.25, 0.3) is 0 Å². The Balaban J connectivity index is 1.57. The van der Waals surface area contributed by atoms with Crippen LogP contribution in [0.15, 0.2) is 79.5 Å². The Morgan fingerprint density at radius 1 is 1.00 bits per heavy atom. The second-order valence-corrected chi connectivity index (χ2v) is 14.1. The quantitative estimate of drug-likeness (QED) is 0.159. The van der Waals surface area contributed by atoms with Gasteiger partial charge in [0.25, 0.3) is 0 Å². The lowest BCUT2D eigenvalue weighted by molar-refractivity contribution is -0.142. The summed E-state index contributed by atoms with van der Waals surface area (Å²) in [7, 11) is 1.31. The highest BCUT2D eigenvalue weighted by atomic mass is 32.1. The number of benzene rings is 2. The monoisotopic (exact) mass is 673 g/mol. The topological polar surface area (TPSA) is 130 Å². The molecule has 2 aromatic carbocycles. The van der Waals surface area contributed by atoms with E-state index >= 15 is 0 Å². The molecular formula is C37H47N5O5S. The number of rotatable bonds is 15. The van der Waals surface area contributed by atoms with Gasteiger partial charge in [0.2, 0.25) is 17.7 Å². The summed E-state index contributed by atoms with van der Waals surface area (Å²) in [5.74, 6) is -1.44. The Hall–Kier alpha value is -4.35. The molecule has 4 rings (SSSR count). The van der Waals surface area contributed by atoms with Crippen LogP contribution in [0.1, 0.15) is 72.4 Å². The fourth-order valence-corrected chi connectivity index (χ4v) is 6.84. The number of thiazole rings is 1. The zero-order valence-electron chi connectivity index (χ0n) is 28.4. The lowest BCUT2D eigenvalue weighted by Crippen LogP contribution is -2.59.